The van der Waals surface area contributed by atoms with Gasteiger partial charge in [0.25, 0.3) is 15.7 Å². The van der Waals surface area contributed by atoms with Crippen molar-refractivity contribution < 1.29 is 50.2 Å². The molecule has 2 aliphatic carbocycles. The Morgan fingerprint density at radius 1 is 1.05 bits per heavy atom. The van der Waals surface area contributed by atoms with E-state index in [0.717, 1.165) is 24.3 Å². The zero-order chi connectivity index (χ0) is 32.0. The van der Waals surface area contributed by atoms with Gasteiger partial charge in [0.15, 0.2) is 0 Å². The van der Waals surface area contributed by atoms with Crippen LogP contribution in [0, 0.1) is 23.6 Å². The topological polar surface area (TPSA) is 152 Å². The first kappa shape index (κ1) is 30.7. The molecule has 0 radical (unpaired) electrons. The Balaban J connectivity index is 1.41. The number of nitrogens with zero attached hydrogens (tertiary/aromatic N) is 1. The molecule has 1 aromatic heterocycles. The lowest BCUT2D eigenvalue weighted by Gasteiger charge is -2.28. The van der Waals surface area contributed by atoms with Gasteiger partial charge in [-0.25, -0.2) is 22.6 Å². The van der Waals surface area contributed by atoms with Gasteiger partial charge in [0.05, 0.1) is 23.5 Å². The van der Waals surface area contributed by atoms with E-state index in [9.17, 15) is 41.1 Å². The van der Waals surface area contributed by atoms with Crippen molar-refractivity contribution in [3.8, 4) is 16.9 Å². The highest BCUT2D eigenvalue weighted by molar-refractivity contribution is 7.92. The average molecular weight is 634 g/mol. The maximum Gasteiger partial charge on any atom is 0.501 e. The van der Waals surface area contributed by atoms with Crippen LogP contribution >= 0.6 is 0 Å². The first-order valence-corrected chi connectivity index (χ1v) is 14.5. The minimum atomic E-state index is -5.65. The largest absolute Gasteiger partial charge is 0.501 e. The number of alkyl halides is 3. The number of pyridine rings is 1. The summed E-state index contributed by atoms with van der Waals surface area (Å²) in [7, 11) is -4.42. The van der Waals surface area contributed by atoms with Crippen molar-refractivity contribution >= 4 is 33.3 Å². The number of amides is 2. The Kier molecular flexibility index (Phi) is 7.92. The fourth-order valence-electron chi connectivity index (χ4n) is 5.54. The summed E-state index contributed by atoms with van der Waals surface area (Å²) in [5.41, 5.74) is -6.11. The SMILES string of the molecule is COc1cc(F)c(-c2ccnc(C(=O)O)c2)cc1C(=O)N[C@H]1[C@@H](C(=O)Nc2cccc(S(=O)(=O)C(F)(F)F)c2)[C@@H]2C=C[C@H]1C2. The van der Waals surface area contributed by atoms with Crippen LogP contribution in [0.4, 0.5) is 23.2 Å². The van der Waals surface area contributed by atoms with Gasteiger partial charge in [0, 0.05) is 29.6 Å². The van der Waals surface area contributed by atoms with Crippen molar-refractivity contribution in [2.75, 3.05) is 12.4 Å². The van der Waals surface area contributed by atoms with Gasteiger partial charge in [-0.1, -0.05) is 18.2 Å². The van der Waals surface area contributed by atoms with Gasteiger partial charge in [0.1, 0.15) is 17.3 Å². The van der Waals surface area contributed by atoms with Crippen LogP contribution < -0.4 is 15.4 Å². The Bertz CT molecular complexity index is 1810. The Morgan fingerprint density at radius 2 is 1.77 bits per heavy atom. The van der Waals surface area contributed by atoms with E-state index in [1.54, 1.807) is 6.08 Å². The monoisotopic (exact) mass is 633 g/mol. The molecular formula is C29H23F4N3O7S. The molecule has 2 aliphatic rings. The Hall–Kier alpha value is -4.79. The van der Waals surface area contributed by atoms with E-state index < -0.39 is 55.8 Å². The highest BCUT2D eigenvalue weighted by atomic mass is 32.2. The second kappa shape index (κ2) is 11.4. The second-order valence-corrected chi connectivity index (χ2v) is 12.1. The number of aromatic carboxylic acids is 1. The van der Waals surface area contributed by atoms with Crippen molar-refractivity contribution in [3.05, 3.63) is 84.0 Å². The summed E-state index contributed by atoms with van der Waals surface area (Å²) >= 11 is 0. The minimum absolute atomic E-state index is 0.100. The number of hydrogen-bond donors (Lipinski definition) is 3. The third-order valence-corrected chi connectivity index (χ3v) is 9.08. The molecular weight excluding hydrogens is 610 g/mol. The van der Waals surface area contributed by atoms with Gasteiger partial charge in [0.2, 0.25) is 5.91 Å². The number of sulfone groups is 1. The molecule has 1 saturated carbocycles. The van der Waals surface area contributed by atoms with Crippen molar-refractivity contribution in [1.82, 2.24) is 10.3 Å². The van der Waals surface area contributed by atoms with Gasteiger partial charge in [-0.2, -0.15) is 13.2 Å². The van der Waals surface area contributed by atoms with Gasteiger partial charge < -0.3 is 20.5 Å². The molecule has 44 heavy (non-hydrogen) atoms. The number of hydrogen-bond acceptors (Lipinski definition) is 7. The molecule has 2 amide bonds. The molecule has 1 heterocycles. The summed E-state index contributed by atoms with van der Waals surface area (Å²) < 4.78 is 83.0. The quantitative estimate of drug-likeness (QED) is 0.243. The molecule has 0 saturated heterocycles. The molecule has 3 N–H and O–H groups in total. The maximum absolute atomic E-state index is 15.0. The summed E-state index contributed by atoms with van der Waals surface area (Å²) in [5.74, 6) is -5.11. The Labute approximate surface area is 247 Å². The van der Waals surface area contributed by atoms with Crippen LogP contribution in [0.1, 0.15) is 27.3 Å². The zero-order valence-electron chi connectivity index (χ0n) is 22.6. The number of aromatic nitrogens is 1. The van der Waals surface area contributed by atoms with Crippen molar-refractivity contribution in [3.63, 3.8) is 0 Å². The summed E-state index contributed by atoms with van der Waals surface area (Å²) in [5, 5.41) is 14.5. The fraction of sp³-hybridized carbons (Fsp3) is 0.241. The third kappa shape index (κ3) is 5.62. The number of methoxy groups -OCH3 is 1. The summed E-state index contributed by atoms with van der Waals surface area (Å²) in [6.45, 7) is 0. The number of carbonyl (C=O) groups is 3. The summed E-state index contributed by atoms with van der Waals surface area (Å²) in [6.07, 6.45) is 5.29. The van der Waals surface area contributed by atoms with E-state index in [0.29, 0.717) is 12.5 Å². The van der Waals surface area contributed by atoms with Crippen molar-refractivity contribution in [2.45, 2.75) is 22.9 Å². The van der Waals surface area contributed by atoms with Crippen LogP contribution in [0.25, 0.3) is 11.1 Å². The average Bonchev–Trinajstić information content (AvgIpc) is 3.58. The molecule has 5 rings (SSSR count). The van der Waals surface area contributed by atoms with E-state index >= 15 is 4.39 Å². The Morgan fingerprint density at radius 3 is 2.45 bits per heavy atom. The van der Waals surface area contributed by atoms with E-state index in [-0.39, 0.29) is 45.7 Å². The number of anilines is 1. The minimum Gasteiger partial charge on any atom is -0.496 e. The molecule has 0 spiro atoms. The smallest absolute Gasteiger partial charge is 0.496 e. The number of allylic oxidation sites excluding steroid dienone is 1. The van der Waals surface area contributed by atoms with Gasteiger partial charge in [-0.15, -0.1) is 0 Å². The molecule has 1 fully saturated rings. The fourth-order valence-corrected chi connectivity index (χ4v) is 6.35. The van der Waals surface area contributed by atoms with Gasteiger partial charge in [-0.3, -0.25) is 9.59 Å². The number of carbonyl (C=O) groups excluding carboxylic acids is 2. The van der Waals surface area contributed by atoms with Crippen LogP contribution in [0.3, 0.4) is 0 Å². The second-order valence-electron chi connectivity index (χ2n) is 10.2. The molecule has 2 bridgehead atoms. The molecule has 3 aromatic rings. The first-order valence-electron chi connectivity index (χ1n) is 13.0. The van der Waals surface area contributed by atoms with Crippen molar-refractivity contribution in [2.24, 2.45) is 17.8 Å². The van der Waals surface area contributed by atoms with Crippen LogP contribution in [-0.2, 0) is 14.6 Å². The zero-order valence-corrected chi connectivity index (χ0v) is 23.4. The molecule has 230 valence electrons. The van der Waals surface area contributed by atoms with E-state index in [1.807, 2.05) is 6.08 Å². The number of halogens is 4. The number of nitrogens with one attached hydrogen (secondary N) is 2. The number of carboxylic acids is 1. The highest BCUT2D eigenvalue weighted by Gasteiger charge is 2.49. The number of ether oxygens (including phenoxy) is 1. The standard InChI is InChI=1S/C29H23F4N3O7S/c1-43-23-13-21(30)19(14-7-8-34-22(10-14)28(39)40)12-20(23)26(37)36-25-16-6-5-15(9-16)24(25)27(38)35-17-3-2-4-18(11-17)44(41,42)29(31,32)33/h2-8,10-13,15-16,24-25H,9H2,1H3,(H,35,38)(H,36,37)(H,39,40)/t15-,16+,24+,25-/m1/s1. The van der Waals surface area contributed by atoms with E-state index in [2.05, 4.69) is 15.6 Å². The lowest BCUT2D eigenvalue weighted by Crippen LogP contribution is -2.47. The summed E-state index contributed by atoms with van der Waals surface area (Å²) in [4.78, 5) is 41.0. The predicted molar refractivity (Wildman–Crippen MR) is 147 cm³/mol. The van der Waals surface area contributed by atoms with Gasteiger partial charge >= 0.3 is 11.5 Å². The molecule has 4 atom stereocenters. The van der Waals surface area contributed by atoms with E-state index in [4.69, 9.17) is 4.74 Å². The van der Waals surface area contributed by atoms with Crippen LogP contribution in [-0.4, -0.2) is 55.0 Å². The summed E-state index contributed by atoms with van der Waals surface area (Å²) in [6, 6.07) is 7.67. The highest BCUT2D eigenvalue weighted by Crippen LogP contribution is 2.45. The van der Waals surface area contributed by atoms with Gasteiger partial charge in [-0.05, 0) is 60.2 Å². The predicted octanol–water partition coefficient (Wildman–Crippen LogP) is 4.45. The number of fused-ring (bicyclic) bond motifs is 2. The maximum atomic E-state index is 15.0. The van der Waals surface area contributed by atoms with Crippen molar-refractivity contribution in [1.29, 1.82) is 0 Å². The van der Waals surface area contributed by atoms with Crippen LogP contribution in [0.5, 0.6) is 5.75 Å². The molecule has 2 aromatic carbocycles. The first-order chi connectivity index (χ1) is 20.7. The molecule has 15 heteroatoms. The number of rotatable bonds is 8. The molecule has 0 unspecified atom stereocenters. The molecule has 0 aliphatic heterocycles. The lowest BCUT2D eigenvalue weighted by atomic mass is 9.87. The number of benzene rings is 2. The lowest BCUT2D eigenvalue weighted by molar-refractivity contribution is -0.121. The molecule has 10 nitrogen and oxygen atoms in total. The van der Waals surface area contributed by atoms with Crippen LogP contribution in [0.2, 0.25) is 0 Å². The number of carboxylic acid groups (broad SMARTS) is 1. The van der Waals surface area contributed by atoms with Crippen LogP contribution in [0.15, 0.2) is 71.8 Å². The normalized spacial score (nSPS) is 20.8. The van der Waals surface area contributed by atoms with E-state index in [1.165, 1.54) is 31.5 Å². The third-order valence-electron chi connectivity index (χ3n) is 7.60.